The molecule has 0 spiro atoms. The Balaban J connectivity index is 2.22. The number of hydrogen-bond donors (Lipinski definition) is 1. The van der Waals surface area contributed by atoms with Crippen LogP contribution in [0.3, 0.4) is 0 Å². The zero-order valence-corrected chi connectivity index (χ0v) is 11.0. The van der Waals surface area contributed by atoms with Crippen LogP contribution in [0.2, 0.25) is 0 Å². The quantitative estimate of drug-likeness (QED) is 0.671. The Labute approximate surface area is 110 Å². The van der Waals surface area contributed by atoms with Gasteiger partial charge in [0.15, 0.2) is 0 Å². The normalized spacial score (nSPS) is 10.5. The van der Waals surface area contributed by atoms with Gasteiger partial charge < -0.3 is 5.32 Å². The highest BCUT2D eigenvalue weighted by molar-refractivity contribution is 5.59. The van der Waals surface area contributed by atoms with Crippen LogP contribution in [-0.4, -0.2) is 19.7 Å². The largest absolute Gasteiger partial charge is 0.360 e. The molecule has 0 saturated heterocycles. The van der Waals surface area contributed by atoms with Gasteiger partial charge in [-0.2, -0.15) is 5.10 Å². The maximum absolute atomic E-state index is 11.0. The third-order valence-electron chi connectivity index (χ3n) is 2.87. The van der Waals surface area contributed by atoms with E-state index in [-0.39, 0.29) is 11.5 Å². The second kappa shape index (κ2) is 5.05. The first-order valence-electron chi connectivity index (χ1n) is 5.82. The molecule has 2 aromatic heterocycles. The number of nitrogens with one attached hydrogen (secondary N) is 1. The van der Waals surface area contributed by atoms with Crippen molar-refractivity contribution < 1.29 is 4.92 Å². The van der Waals surface area contributed by atoms with Gasteiger partial charge in [0.05, 0.1) is 10.6 Å². The molecule has 2 rings (SSSR count). The third-order valence-corrected chi connectivity index (χ3v) is 2.87. The highest BCUT2D eigenvalue weighted by Gasteiger charge is 2.18. The first-order chi connectivity index (χ1) is 8.99. The van der Waals surface area contributed by atoms with Crippen molar-refractivity contribution in [1.82, 2.24) is 14.8 Å². The summed E-state index contributed by atoms with van der Waals surface area (Å²) in [6.45, 7) is 4.05. The summed E-state index contributed by atoms with van der Waals surface area (Å²) in [6.07, 6.45) is 3.44. The number of aryl methyl sites for hydroxylation is 3. The Kier molecular flexibility index (Phi) is 3.46. The summed E-state index contributed by atoms with van der Waals surface area (Å²) in [7, 11) is 1.84. The van der Waals surface area contributed by atoms with E-state index in [2.05, 4.69) is 15.4 Å². The van der Waals surface area contributed by atoms with Crippen molar-refractivity contribution in [2.75, 3.05) is 5.32 Å². The molecule has 0 aromatic carbocycles. The van der Waals surface area contributed by atoms with E-state index in [1.807, 2.05) is 20.2 Å². The molecule has 0 aliphatic rings. The fourth-order valence-corrected chi connectivity index (χ4v) is 1.91. The van der Waals surface area contributed by atoms with Crippen LogP contribution in [0.4, 0.5) is 11.5 Å². The molecule has 7 heteroatoms. The fourth-order valence-electron chi connectivity index (χ4n) is 1.91. The minimum Gasteiger partial charge on any atom is -0.360 e. The SMILES string of the molecule is Cc1ccnc(NCc2cn(C)nc2C)c1[N+](=O)[O-]. The second-order valence-corrected chi connectivity index (χ2v) is 4.35. The molecular formula is C12H15N5O2. The van der Waals surface area contributed by atoms with E-state index >= 15 is 0 Å². The summed E-state index contributed by atoms with van der Waals surface area (Å²) >= 11 is 0. The van der Waals surface area contributed by atoms with Gasteiger partial charge in [-0.05, 0) is 19.9 Å². The molecule has 2 heterocycles. The summed E-state index contributed by atoms with van der Waals surface area (Å²) in [4.78, 5) is 14.7. The first kappa shape index (κ1) is 13.0. The monoisotopic (exact) mass is 261 g/mol. The van der Waals surface area contributed by atoms with E-state index in [0.717, 1.165) is 11.3 Å². The van der Waals surface area contributed by atoms with Gasteiger partial charge in [0, 0.05) is 37.1 Å². The van der Waals surface area contributed by atoms with E-state index in [4.69, 9.17) is 0 Å². The smallest absolute Gasteiger partial charge is 0.314 e. The number of rotatable bonds is 4. The molecule has 0 unspecified atom stereocenters. The lowest BCUT2D eigenvalue weighted by atomic mass is 10.2. The Morgan fingerprint density at radius 1 is 1.47 bits per heavy atom. The number of anilines is 1. The highest BCUT2D eigenvalue weighted by atomic mass is 16.6. The predicted molar refractivity (Wildman–Crippen MR) is 70.9 cm³/mol. The highest BCUT2D eigenvalue weighted by Crippen LogP contribution is 2.25. The molecule has 0 saturated carbocycles. The molecule has 7 nitrogen and oxygen atoms in total. The molecule has 0 bridgehead atoms. The van der Waals surface area contributed by atoms with Gasteiger partial charge in [-0.15, -0.1) is 0 Å². The molecule has 0 amide bonds. The van der Waals surface area contributed by atoms with Gasteiger partial charge in [-0.3, -0.25) is 14.8 Å². The van der Waals surface area contributed by atoms with Crippen LogP contribution in [0.15, 0.2) is 18.5 Å². The van der Waals surface area contributed by atoms with Gasteiger partial charge >= 0.3 is 5.69 Å². The Morgan fingerprint density at radius 3 is 2.79 bits per heavy atom. The maximum atomic E-state index is 11.0. The van der Waals surface area contributed by atoms with Crippen molar-refractivity contribution in [2.24, 2.45) is 7.05 Å². The molecule has 19 heavy (non-hydrogen) atoms. The number of nitrogens with zero attached hydrogens (tertiary/aromatic N) is 4. The number of pyridine rings is 1. The molecule has 0 radical (unpaired) electrons. The van der Waals surface area contributed by atoms with Crippen molar-refractivity contribution in [3.05, 3.63) is 45.4 Å². The Morgan fingerprint density at radius 2 is 2.21 bits per heavy atom. The molecule has 0 aliphatic heterocycles. The molecule has 1 N–H and O–H groups in total. The average molecular weight is 261 g/mol. The predicted octanol–water partition coefficient (Wildman–Crippen LogP) is 1.95. The van der Waals surface area contributed by atoms with Crippen molar-refractivity contribution in [1.29, 1.82) is 0 Å². The lowest BCUT2D eigenvalue weighted by molar-refractivity contribution is -0.384. The van der Waals surface area contributed by atoms with Gasteiger partial charge in [-0.1, -0.05) is 0 Å². The van der Waals surface area contributed by atoms with Crippen molar-refractivity contribution in [2.45, 2.75) is 20.4 Å². The zero-order valence-electron chi connectivity index (χ0n) is 11.0. The molecule has 100 valence electrons. The molecule has 0 atom stereocenters. The van der Waals surface area contributed by atoms with Crippen molar-refractivity contribution >= 4 is 11.5 Å². The van der Waals surface area contributed by atoms with Crippen LogP contribution >= 0.6 is 0 Å². The van der Waals surface area contributed by atoms with Crippen LogP contribution in [-0.2, 0) is 13.6 Å². The van der Waals surface area contributed by atoms with Crippen LogP contribution in [0.5, 0.6) is 0 Å². The molecular weight excluding hydrogens is 246 g/mol. The third kappa shape index (κ3) is 2.70. The van der Waals surface area contributed by atoms with Gasteiger partial charge in [0.25, 0.3) is 0 Å². The maximum Gasteiger partial charge on any atom is 0.314 e. The first-order valence-corrected chi connectivity index (χ1v) is 5.82. The van der Waals surface area contributed by atoms with Crippen LogP contribution < -0.4 is 5.32 Å². The summed E-state index contributed by atoms with van der Waals surface area (Å²) in [5.74, 6) is 0.285. The minimum atomic E-state index is -0.416. The van der Waals surface area contributed by atoms with Gasteiger partial charge in [0.2, 0.25) is 5.82 Å². The topological polar surface area (TPSA) is 85.9 Å². The van der Waals surface area contributed by atoms with Crippen LogP contribution in [0.1, 0.15) is 16.8 Å². The van der Waals surface area contributed by atoms with E-state index in [9.17, 15) is 10.1 Å². The van der Waals surface area contributed by atoms with Crippen molar-refractivity contribution in [3.63, 3.8) is 0 Å². The Hall–Kier alpha value is -2.44. The van der Waals surface area contributed by atoms with Crippen molar-refractivity contribution in [3.8, 4) is 0 Å². The summed E-state index contributed by atoms with van der Waals surface area (Å²) in [5, 5.41) is 18.3. The number of aromatic nitrogens is 3. The van der Waals surface area contributed by atoms with Crippen LogP contribution in [0, 0.1) is 24.0 Å². The van der Waals surface area contributed by atoms with E-state index < -0.39 is 4.92 Å². The zero-order chi connectivity index (χ0) is 14.0. The number of nitro groups is 1. The fraction of sp³-hybridized carbons (Fsp3) is 0.333. The molecule has 0 aliphatic carbocycles. The summed E-state index contributed by atoms with van der Waals surface area (Å²) in [5.41, 5.74) is 2.49. The van der Waals surface area contributed by atoms with E-state index in [0.29, 0.717) is 12.1 Å². The lowest BCUT2D eigenvalue weighted by Gasteiger charge is -2.06. The number of hydrogen-bond acceptors (Lipinski definition) is 5. The standard InChI is InChI=1S/C12H15N5O2/c1-8-4-5-13-12(11(8)17(18)19)14-6-10-7-16(3)15-9(10)2/h4-5,7H,6H2,1-3H3,(H,13,14). The van der Waals surface area contributed by atoms with E-state index in [1.165, 1.54) is 0 Å². The second-order valence-electron chi connectivity index (χ2n) is 4.35. The van der Waals surface area contributed by atoms with Gasteiger partial charge in [-0.25, -0.2) is 4.98 Å². The molecule has 0 fully saturated rings. The minimum absolute atomic E-state index is 0.0176. The lowest BCUT2D eigenvalue weighted by Crippen LogP contribution is -2.06. The van der Waals surface area contributed by atoms with E-state index in [1.54, 1.807) is 23.9 Å². The molecule has 2 aromatic rings. The average Bonchev–Trinajstić information content (AvgIpc) is 2.64. The van der Waals surface area contributed by atoms with Crippen LogP contribution in [0.25, 0.3) is 0 Å². The summed E-state index contributed by atoms with van der Waals surface area (Å²) < 4.78 is 1.71. The Bertz CT molecular complexity index is 621. The summed E-state index contributed by atoms with van der Waals surface area (Å²) in [6, 6.07) is 1.62. The van der Waals surface area contributed by atoms with Gasteiger partial charge in [0.1, 0.15) is 0 Å².